The van der Waals surface area contributed by atoms with Gasteiger partial charge in [-0.25, -0.2) is 9.67 Å². The van der Waals surface area contributed by atoms with E-state index in [1.807, 2.05) is 35.9 Å². The molecule has 1 fully saturated rings. The van der Waals surface area contributed by atoms with Gasteiger partial charge in [-0.3, -0.25) is 0 Å². The molecule has 1 aliphatic rings. The normalized spacial score (nSPS) is 19.9. The van der Waals surface area contributed by atoms with Gasteiger partial charge in [0.1, 0.15) is 11.6 Å². The molecular weight excluding hydrogens is 284 g/mol. The molecule has 0 N–H and O–H groups in total. The van der Waals surface area contributed by atoms with Gasteiger partial charge in [0.2, 0.25) is 0 Å². The molecule has 0 amide bonds. The van der Waals surface area contributed by atoms with Crippen LogP contribution in [0.4, 0.5) is 0 Å². The molecule has 2 aromatic rings. The molecule has 21 heavy (non-hydrogen) atoms. The van der Waals surface area contributed by atoms with E-state index in [1.54, 1.807) is 0 Å². The highest BCUT2D eigenvalue weighted by Crippen LogP contribution is 2.23. The van der Waals surface area contributed by atoms with Crippen LogP contribution in [-0.2, 0) is 6.42 Å². The van der Waals surface area contributed by atoms with E-state index in [0.717, 1.165) is 23.8 Å². The van der Waals surface area contributed by atoms with Gasteiger partial charge in [-0.05, 0) is 45.5 Å². The van der Waals surface area contributed by atoms with Crippen molar-refractivity contribution in [2.24, 2.45) is 0 Å². The van der Waals surface area contributed by atoms with Gasteiger partial charge in [0.25, 0.3) is 0 Å². The summed E-state index contributed by atoms with van der Waals surface area (Å²) >= 11 is 6.31. The zero-order valence-corrected chi connectivity index (χ0v) is 13.3. The average Bonchev–Trinajstić information content (AvgIpc) is 2.82. The second-order valence-corrected chi connectivity index (χ2v) is 6.18. The summed E-state index contributed by atoms with van der Waals surface area (Å²) in [5, 5.41) is 5.24. The predicted octanol–water partition coefficient (Wildman–Crippen LogP) is 3.26. The van der Waals surface area contributed by atoms with Gasteiger partial charge in [0, 0.05) is 12.5 Å². The maximum atomic E-state index is 6.31. The first-order chi connectivity index (χ1) is 10.1. The molecule has 0 unspecified atom stereocenters. The van der Waals surface area contributed by atoms with Crippen LogP contribution in [0.5, 0.6) is 0 Å². The number of aromatic nitrogens is 3. The van der Waals surface area contributed by atoms with Crippen LogP contribution < -0.4 is 0 Å². The lowest BCUT2D eigenvalue weighted by molar-refractivity contribution is 0.182. The third kappa shape index (κ3) is 3.11. The highest BCUT2D eigenvalue weighted by molar-refractivity contribution is 6.32. The average molecular weight is 305 g/mol. The highest BCUT2D eigenvalue weighted by atomic mass is 35.5. The number of likely N-dealkylation sites (N-methyl/N-ethyl adjacent to an activating group) is 1. The number of para-hydroxylation sites is 1. The van der Waals surface area contributed by atoms with E-state index in [9.17, 15) is 0 Å². The number of halogens is 1. The number of benzene rings is 1. The zero-order chi connectivity index (χ0) is 14.8. The summed E-state index contributed by atoms with van der Waals surface area (Å²) in [4.78, 5) is 7.06. The minimum Gasteiger partial charge on any atom is -0.303 e. The van der Waals surface area contributed by atoms with Crippen molar-refractivity contribution in [3.05, 3.63) is 40.9 Å². The number of nitrogens with zero attached hydrogens (tertiary/aromatic N) is 4. The molecule has 1 aromatic heterocycles. The summed E-state index contributed by atoms with van der Waals surface area (Å²) in [5.41, 5.74) is 0.910. The topological polar surface area (TPSA) is 34.0 Å². The quantitative estimate of drug-likeness (QED) is 0.873. The number of rotatable bonds is 3. The number of hydrogen-bond donors (Lipinski definition) is 0. The molecule has 2 heterocycles. The first-order valence-electron chi connectivity index (χ1n) is 7.53. The Morgan fingerprint density at radius 2 is 2.10 bits per heavy atom. The summed E-state index contributed by atoms with van der Waals surface area (Å²) in [5.74, 6) is 1.79. The first kappa shape index (κ1) is 14.5. The van der Waals surface area contributed by atoms with Crippen molar-refractivity contribution in [3.8, 4) is 5.69 Å². The molecule has 3 rings (SSSR count). The molecule has 1 saturated heterocycles. The van der Waals surface area contributed by atoms with E-state index in [4.69, 9.17) is 11.6 Å². The Kier molecular flexibility index (Phi) is 4.27. The van der Waals surface area contributed by atoms with Gasteiger partial charge in [0.15, 0.2) is 0 Å². The number of likely N-dealkylation sites (tertiary alicyclic amines) is 1. The Morgan fingerprint density at radius 3 is 2.86 bits per heavy atom. The third-order valence-electron chi connectivity index (χ3n) is 4.20. The third-order valence-corrected chi connectivity index (χ3v) is 4.52. The molecule has 0 bridgehead atoms. The lowest BCUT2D eigenvalue weighted by Crippen LogP contribution is -2.38. The van der Waals surface area contributed by atoms with Crippen molar-refractivity contribution < 1.29 is 0 Å². The van der Waals surface area contributed by atoms with E-state index in [-0.39, 0.29) is 0 Å². The summed E-state index contributed by atoms with van der Waals surface area (Å²) < 4.78 is 1.90. The van der Waals surface area contributed by atoms with E-state index in [0.29, 0.717) is 11.1 Å². The van der Waals surface area contributed by atoms with E-state index >= 15 is 0 Å². The molecule has 1 aromatic carbocycles. The molecular formula is C16H21ClN4. The molecule has 0 saturated carbocycles. The Morgan fingerprint density at radius 1 is 1.29 bits per heavy atom. The molecule has 1 aliphatic heterocycles. The van der Waals surface area contributed by atoms with Crippen molar-refractivity contribution in [2.75, 3.05) is 13.6 Å². The lowest BCUT2D eigenvalue weighted by Gasteiger charge is -2.32. The standard InChI is InChI=1S/C16H21ClN4/c1-12-18-16(11-13-7-5-6-10-20(13)2)21(19-12)15-9-4-3-8-14(15)17/h3-4,8-9,13H,5-7,10-11H2,1-2H3/t13-/m0/s1. The van der Waals surface area contributed by atoms with Crippen molar-refractivity contribution >= 4 is 11.6 Å². The molecule has 1 atom stereocenters. The van der Waals surface area contributed by atoms with Crippen LogP contribution in [0.25, 0.3) is 5.69 Å². The van der Waals surface area contributed by atoms with Crippen LogP contribution in [0.15, 0.2) is 24.3 Å². The van der Waals surface area contributed by atoms with Crippen molar-refractivity contribution in [1.82, 2.24) is 19.7 Å². The number of piperidine rings is 1. The molecule has 112 valence electrons. The maximum absolute atomic E-state index is 6.31. The minimum absolute atomic E-state index is 0.545. The van der Waals surface area contributed by atoms with E-state index < -0.39 is 0 Å². The number of aryl methyl sites for hydroxylation is 1. The van der Waals surface area contributed by atoms with E-state index in [1.165, 1.54) is 25.8 Å². The van der Waals surface area contributed by atoms with Gasteiger partial charge < -0.3 is 4.90 Å². The largest absolute Gasteiger partial charge is 0.303 e. The lowest BCUT2D eigenvalue weighted by atomic mass is 10.00. The smallest absolute Gasteiger partial charge is 0.148 e. The van der Waals surface area contributed by atoms with Crippen LogP contribution in [0.1, 0.15) is 30.9 Å². The second kappa shape index (κ2) is 6.16. The summed E-state index contributed by atoms with van der Waals surface area (Å²) in [6.45, 7) is 3.10. The fourth-order valence-electron chi connectivity index (χ4n) is 3.02. The first-order valence-corrected chi connectivity index (χ1v) is 7.90. The Balaban J connectivity index is 1.91. The monoisotopic (exact) mass is 304 g/mol. The van der Waals surface area contributed by atoms with E-state index in [2.05, 4.69) is 22.0 Å². The Bertz CT molecular complexity index is 622. The van der Waals surface area contributed by atoms with Crippen LogP contribution in [0.3, 0.4) is 0 Å². The molecule has 0 aliphatic carbocycles. The van der Waals surface area contributed by atoms with Crippen LogP contribution in [-0.4, -0.2) is 39.3 Å². The van der Waals surface area contributed by atoms with Crippen molar-refractivity contribution in [3.63, 3.8) is 0 Å². The van der Waals surface area contributed by atoms with Crippen LogP contribution in [0.2, 0.25) is 5.02 Å². The molecule has 0 radical (unpaired) electrons. The van der Waals surface area contributed by atoms with Crippen LogP contribution >= 0.6 is 11.6 Å². The summed E-state index contributed by atoms with van der Waals surface area (Å²) in [7, 11) is 2.20. The summed E-state index contributed by atoms with van der Waals surface area (Å²) in [6, 6.07) is 8.34. The fraction of sp³-hybridized carbons (Fsp3) is 0.500. The fourth-order valence-corrected chi connectivity index (χ4v) is 3.24. The minimum atomic E-state index is 0.545. The SMILES string of the molecule is Cc1nc(C[C@@H]2CCCCN2C)n(-c2ccccc2Cl)n1. The highest BCUT2D eigenvalue weighted by Gasteiger charge is 2.22. The zero-order valence-electron chi connectivity index (χ0n) is 12.6. The van der Waals surface area contributed by atoms with Gasteiger partial charge >= 0.3 is 0 Å². The summed E-state index contributed by atoms with van der Waals surface area (Å²) in [6.07, 6.45) is 4.74. The molecule has 4 nitrogen and oxygen atoms in total. The number of hydrogen-bond acceptors (Lipinski definition) is 3. The molecule has 0 spiro atoms. The Labute approximate surface area is 130 Å². The van der Waals surface area contributed by atoms with Gasteiger partial charge in [-0.15, -0.1) is 0 Å². The molecule has 5 heteroatoms. The van der Waals surface area contributed by atoms with Gasteiger partial charge in [0.05, 0.1) is 10.7 Å². The van der Waals surface area contributed by atoms with Gasteiger partial charge in [-0.2, -0.15) is 5.10 Å². The van der Waals surface area contributed by atoms with Crippen LogP contribution in [0, 0.1) is 6.92 Å². The van der Waals surface area contributed by atoms with Gasteiger partial charge in [-0.1, -0.05) is 30.2 Å². The second-order valence-electron chi connectivity index (χ2n) is 5.77. The predicted molar refractivity (Wildman–Crippen MR) is 85.1 cm³/mol. The Hall–Kier alpha value is -1.39. The van der Waals surface area contributed by atoms with Crippen molar-refractivity contribution in [2.45, 2.75) is 38.6 Å². The maximum Gasteiger partial charge on any atom is 0.148 e. The van der Waals surface area contributed by atoms with Crippen molar-refractivity contribution in [1.29, 1.82) is 0 Å².